The van der Waals surface area contributed by atoms with Crippen LogP contribution in [0, 0.1) is 0 Å². The molecular weight excluding hydrogens is 284 g/mol. The van der Waals surface area contributed by atoms with E-state index in [4.69, 9.17) is 4.74 Å². The summed E-state index contributed by atoms with van der Waals surface area (Å²) < 4.78 is 5.63. The van der Waals surface area contributed by atoms with E-state index in [1.165, 1.54) is 32.1 Å². The van der Waals surface area contributed by atoms with Gasteiger partial charge in [-0.15, -0.1) is 0 Å². The molecule has 21 heavy (non-hydrogen) atoms. The largest absolute Gasteiger partial charge is 0.444 e. The van der Waals surface area contributed by atoms with Crippen molar-refractivity contribution in [2.45, 2.75) is 76.2 Å². The molecule has 0 aromatic heterocycles. The second-order valence-corrected chi connectivity index (χ2v) is 8.39. The van der Waals surface area contributed by atoms with Crippen molar-refractivity contribution in [3.63, 3.8) is 0 Å². The molecule has 1 saturated carbocycles. The molecule has 2 N–H and O–H groups in total. The maximum Gasteiger partial charge on any atom is 0.407 e. The Kier molecular flexibility index (Phi) is 7.34. The molecular formula is C16H32N2O2S. The van der Waals surface area contributed by atoms with E-state index in [1.54, 1.807) is 0 Å². The van der Waals surface area contributed by atoms with Crippen LogP contribution in [-0.2, 0) is 4.74 Å². The van der Waals surface area contributed by atoms with Crippen LogP contribution in [0.3, 0.4) is 0 Å². The standard InChI is InChI=1S/C16H32N2O2S/c1-13(11-17-14(19)20-15(2,3)4)18-12-16(21-5)9-7-6-8-10-16/h13,18H,6-12H2,1-5H3,(H,17,19). The van der Waals surface area contributed by atoms with Crippen LogP contribution in [0.25, 0.3) is 0 Å². The average molecular weight is 317 g/mol. The van der Waals surface area contributed by atoms with Crippen molar-refractivity contribution in [1.82, 2.24) is 10.6 Å². The molecule has 1 unspecified atom stereocenters. The van der Waals surface area contributed by atoms with Gasteiger partial charge in [0, 0.05) is 23.9 Å². The van der Waals surface area contributed by atoms with Crippen molar-refractivity contribution < 1.29 is 9.53 Å². The molecule has 1 rings (SSSR count). The zero-order valence-corrected chi connectivity index (χ0v) is 15.1. The topological polar surface area (TPSA) is 50.4 Å². The molecule has 0 aliphatic heterocycles. The molecule has 1 amide bonds. The van der Waals surface area contributed by atoms with Gasteiger partial charge in [0.05, 0.1) is 0 Å². The van der Waals surface area contributed by atoms with Gasteiger partial charge in [0.2, 0.25) is 0 Å². The van der Waals surface area contributed by atoms with E-state index in [2.05, 4.69) is 23.8 Å². The lowest BCUT2D eigenvalue weighted by molar-refractivity contribution is 0.0523. The quantitative estimate of drug-likeness (QED) is 0.787. The van der Waals surface area contributed by atoms with Crippen molar-refractivity contribution in [1.29, 1.82) is 0 Å². The van der Waals surface area contributed by atoms with Gasteiger partial charge in [0.15, 0.2) is 0 Å². The number of amides is 1. The van der Waals surface area contributed by atoms with Gasteiger partial charge in [-0.2, -0.15) is 11.8 Å². The first-order valence-corrected chi connectivity index (χ1v) is 9.24. The summed E-state index contributed by atoms with van der Waals surface area (Å²) in [6.45, 7) is 9.34. The fourth-order valence-electron chi connectivity index (χ4n) is 2.63. The third kappa shape index (κ3) is 7.41. The number of thioether (sulfide) groups is 1. The van der Waals surface area contributed by atoms with Gasteiger partial charge in [0.25, 0.3) is 0 Å². The molecule has 0 spiro atoms. The summed E-state index contributed by atoms with van der Waals surface area (Å²) in [6.07, 6.45) is 8.53. The summed E-state index contributed by atoms with van der Waals surface area (Å²) in [6, 6.07) is 0.253. The third-order valence-electron chi connectivity index (χ3n) is 3.92. The molecule has 4 nitrogen and oxygen atoms in total. The lowest BCUT2D eigenvalue weighted by Gasteiger charge is -2.37. The fourth-order valence-corrected chi connectivity index (χ4v) is 3.56. The van der Waals surface area contributed by atoms with Gasteiger partial charge in [-0.3, -0.25) is 0 Å². The van der Waals surface area contributed by atoms with Gasteiger partial charge < -0.3 is 15.4 Å². The number of nitrogens with one attached hydrogen (secondary N) is 2. The number of hydrogen-bond donors (Lipinski definition) is 2. The highest BCUT2D eigenvalue weighted by Crippen LogP contribution is 2.37. The molecule has 1 aliphatic carbocycles. The van der Waals surface area contributed by atoms with Crippen LogP contribution < -0.4 is 10.6 Å². The summed E-state index contributed by atoms with van der Waals surface area (Å²) in [7, 11) is 0. The van der Waals surface area contributed by atoms with Crippen molar-refractivity contribution in [2.24, 2.45) is 0 Å². The maximum absolute atomic E-state index is 11.6. The number of alkyl carbamates (subject to hydrolysis) is 1. The zero-order chi connectivity index (χ0) is 15.9. The number of carbonyl (C=O) groups excluding carboxylic acids is 1. The summed E-state index contributed by atoms with van der Waals surface area (Å²) >= 11 is 1.99. The minimum absolute atomic E-state index is 0.253. The van der Waals surface area contributed by atoms with Crippen LogP contribution in [0.5, 0.6) is 0 Å². The highest BCUT2D eigenvalue weighted by molar-refractivity contribution is 8.00. The minimum Gasteiger partial charge on any atom is -0.444 e. The van der Waals surface area contributed by atoms with Crippen LogP contribution in [0.1, 0.15) is 59.8 Å². The molecule has 0 bridgehead atoms. The lowest BCUT2D eigenvalue weighted by atomic mass is 9.88. The molecule has 0 aromatic carbocycles. The molecule has 0 saturated heterocycles. The number of carbonyl (C=O) groups is 1. The van der Waals surface area contributed by atoms with Gasteiger partial charge >= 0.3 is 6.09 Å². The van der Waals surface area contributed by atoms with E-state index < -0.39 is 5.60 Å². The second kappa shape index (κ2) is 8.28. The first kappa shape index (κ1) is 18.6. The smallest absolute Gasteiger partial charge is 0.407 e. The van der Waals surface area contributed by atoms with Crippen molar-refractivity contribution in [3.8, 4) is 0 Å². The molecule has 124 valence electrons. The Balaban J connectivity index is 2.27. The van der Waals surface area contributed by atoms with Crippen molar-refractivity contribution >= 4 is 17.9 Å². The Morgan fingerprint density at radius 1 is 1.29 bits per heavy atom. The van der Waals surface area contributed by atoms with Crippen LogP contribution >= 0.6 is 11.8 Å². The Labute approximate surface area is 134 Å². The number of hydrogen-bond acceptors (Lipinski definition) is 4. The van der Waals surface area contributed by atoms with Crippen molar-refractivity contribution in [2.75, 3.05) is 19.3 Å². The van der Waals surface area contributed by atoms with E-state index in [1.807, 2.05) is 32.5 Å². The van der Waals surface area contributed by atoms with E-state index in [-0.39, 0.29) is 12.1 Å². The van der Waals surface area contributed by atoms with Crippen LogP contribution in [-0.4, -0.2) is 41.8 Å². The van der Waals surface area contributed by atoms with E-state index in [0.717, 1.165) is 6.54 Å². The van der Waals surface area contributed by atoms with Crippen molar-refractivity contribution in [3.05, 3.63) is 0 Å². The number of ether oxygens (including phenoxy) is 1. The SMILES string of the molecule is CSC1(CNC(C)CNC(=O)OC(C)(C)C)CCCCC1. The summed E-state index contributed by atoms with van der Waals surface area (Å²) in [5, 5.41) is 6.40. The normalized spacial score (nSPS) is 19.9. The lowest BCUT2D eigenvalue weighted by Crippen LogP contribution is -2.47. The highest BCUT2D eigenvalue weighted by Gasteiger charge is 2.31. The molecule has 1 aliphatic rings. The predicted octanol–water partition coefficient (Wildman–Crippen LogP) is 3.56. The van der Waals surface area contributed by atoms with Crippen LogP contribution in [0.15, 0.2) is 0 Å². The van der Waals surface area contributed by atoms with Crippen LogP contribution in [0.4, 0.5) is 4.79 Å². The third-order valence-corrected chi connectivity index (χ3v) is 5.34. The second-order valence-electron chi connectivity index (χ2n) is 7.11. The minimum atomic E-state index is -0.439. The Morgan fingerprint density at radius 2 is 1.90 bits per heavy atom. The summed E-state index contributed by atoms with van der Waals surface area (Å²) in [4.78, 5) is 11.6. The first-order chi connectivity index (χ1) is 9.76. The van der Waals surface area contributed by atoms with Crippen LogP contribution in [0.2, 0.25) is 0 Å². The molecule has 0 heterocycles. The Hall–Kier alpha value is -0.420. The average Bonchev–Trinajstić information content (AvgIpc) is 2.42. The predicted molar refractivity (Wildman–Crippen MR) is 91.0 cm³/mol. The fraction of sp³-hybridized carbons (Fsp3) is 0.938. The Bertz CT molecular complexity index is 323. The van der Waals surface area contributed by atoms with E-state index in [9.17, 15) is 4.79 Å². The number of rotatable bonds is 6. The monoisotopic (exact) mass is 316 g/mol. The zero-order valence-electron chi connectivity index (χ0n) is 14.3. The highest BCUT2D eigenvalue weighted by atomic mass is 32.2. The van der Waals surface area contributed by atoms with E-state index in [0.29, 0.717) is 11.3 Å². The van der Waals surface area contributed by atoms with Gasteiger partial charge in [-0.05, 0) is 46.8 Å². The molecule has 0 radical (unpaired) electrons. The Morgan fingerprint density at radius 3 is 2.43 bits per heavy atom. The van der Waals surface area contributed by atoms with E-state index >= 15 is 0 Å². The molecule has 5 heteroatoms. The van der Waals surface area contributed by atoms with Gasteiger partial charge in [-0.25, -0.2) is 4.79 Å². The summed E-state index contributed by atoms with van der Waals surface area (Å²) in [5.74, 6) is 0. The molecule has 1 atom stereocenters. The summed E-state index contributed by atoms with van der Waals surface area (Å²) in [5.41, 5.74) is -0.439. The maximum atomic E-state index is 11.6. The molecule has 1 fully saturated rings. The van der Waals surface area contributed by atoms with Gasteiger partial charge in [0.1, 0.15) is 5.60 Å². The first-order valence-electron chi connectivity index (χ1n) is 8.02. The van der Waals surface area contributed by atoms with Gasteiger partial charge in [-0.1, -0.05) is 19.3 Å². The molecule has 0 aromatic rings.